The number of anilines is 1. The Morgan fingerprint density at radius 3 is 2.63 bits per heavy atom. The van der Waals surface area contributed by atoms with Crippen molar-refractivity contribution >= 4 is 42.3 Å². The van der Waals surface area contributed by atoms with Crippen molar-refractivity contribution in [1.82, 2.24) is 24.6 Å². The number of aromatic nitrogens is 4. The molecule has 224 valence electrons. The molecule has 3 N–H and O–H groups in total. The van der Waals surface area contributed by atoms with Gasteiger partial charge in [0.15, 0.2) is 29.4 Å². The van der Waals surface area contributed by atoms with E-state index in [1.165, 1.54) is 30.0 Å². The fourth-order valence-corrected chi connectivity index (χ4v) is 6.06. The molecule has 0 aliphatic carbocycles. The monoisotopic (exact) mass is 614 g/mol. The Hall–Kier alpha value is -2.87. The smallest absolute Gasteiger partial charge is 0.459 e. The van der Waals surface area contributed by atoms with Crippen LogP contribution >= 0.6 is 19.3 Å². The third-order valence-corrected chi connectivity index (χ3v) is 8.32. The van der Waals surface area contributed by atoms with Crippen molar-refractivity contribution in [2.45, 2.75) is 63.9 Å². The maximum absolute atomic E-state index is 15.7. The standard InChI is InChI=1S/C25H33ClFN6O7P/c1-14(2)38-24(35)15(3)32-41(36,40-17-9-7-6-8-10-17)37-12-25(11-26)20(34)18(27)23(39-25)33-13-29-19-21(28-5)30-16(4)31-22(19)33/h6-10,13-15,18,20,23,34H,11-12H2,1-5H3,(H,32,36)(H,28,30,31)/t15-,18+,20-,23+,25+,41+/m0/s1. The molecule has 6 atom stereocenters. The van der Waals surface area contributed by atoms with Crippen LogP contribution in [0.15, 0.2) is 36.7 Å². The molecule has 1 aliphatic rings. The zero-order valence-electron chi connectivity index (χ0n) is 23.2. The van der Waals surface area contributed by atoms with Crippen LogP contribution in [0.2, 0.25) is 0 Å². The van der Waals surface area contributed by atoms with Gasteiger partial charge in [0.25, 0.3) is 0 Å². The minimum Gasteiger partial charge on any atom is -0.462 e. The Morgan fingerprint density at radius 2 is 2.00 bits per heavy atom. The first kappa shape index (κ1) is 31.1. The summed E-state index contributed by atoms with van der Waals surface area (Å²) in [6.45, 7) is 5.77. The van der Waals surface area contributed by atoms with Gasteiger partial charge in [0.05, 0.1) is 24.9 Å². The minimum absolute atomic E-state index is 0.169. The number of para-hydroxylation sites is 1. The summed E-state index contributed by atoms with van der Waals surface area (Å²) in [5.41, 5.74) is -1.23. The third-order valence-electron chi connectivity index (χ3n) is 6.24. The number of fused-ring (bicyclic) bond motifs is 1. The van der Waals surface area contributed by atoms with Gasteiger partial charge in [-0.25, -0.2) is 23.9 Å². The lowest BCUT2D eigenvalue weighted by molar-refractivity contribution is -0.149. The molecule has 1 saturated heterocycles. The van der Waals surface area contributed by atoms with Crippen LogP contribution < -0.4 is 14.9 Å². The Labute approximate surface area is 241 Å². The van der Waals surface area contributed by atoms with Crippen LogP contribution in [0, 0.1) is 6.92 Å². The molecule has 13 nitrogen and oxygen atoms in total. The first-order chi connectivity index (χ1) is 19.4. The molecule has 3 heterocycles. The average Bonchev–Trinajstić information content (AvgIpc) is 3.46. The van der Waals surface area contributed by atoms with Gasteiger partial charge >= 0.3 is 13.7 Å². The summed E-state index contributed by atoms with van der Waals surface area (Å²) in [7, 11) is -2.69. The van der Waals surface area contributed by atoms with Crippen LogP contribution in [0.5, 0.6) is 5.75 Å². The van der Waals surface area contributed by atoms with Crippen LogP contribution in [-0.4, -0.2) is 80.2 Å². The van der Waals surface area contributed by atoms with E-state index in [9.17, 15) is 14.5 Å². The molecule has 16 heteroatoms. The van der Waals surface area contributed by atoms with Gasteiger partial charge in [-0.1, -0.05) is 18.2 Å². The van der Waals surface area contributed by atoms with Crippen LogP contribution in [0.1, 0.15) is 32.8 Å². The second-order valence-electron chi connectivity index (χ2n) is 9.80. The van der Waals surface area contributed by atoms with E-state index in [2.05, 4.69) is 25.4 Å². The molecule has 2 aromatic heterocycles. The highest BCUT2D eigenvalue weighted by atomic mass is 35.5. The van der Waals surface area contributed by atoms with E-state index < -0.39 is 62.5 Å². The normalized spacial score (nSPS) is 24.8. The Bertz CT molecular complexity index is 1420. The van der Waals surface area contributed by atoms with Crippen LogP contribution in [0.3, 0.4) is 0 Å². The highest BCUT2D eigenvalue weighted by molar-refractivity contribution is 7.52. The Balaban J connectivity index is 1.61. The van der Waals surface area contributed by atoms with Crippen molar-refractivity contribution in [2.75, 3.05) is 24.9 Å². The number of carbonyl (C=O) groups is 1. The number of imidazole rings is 1. The Kier molecular flexibility index (Phi) is 9.52. The predicted octanol–water partition coefficient (Wildman–Crippen LogP) is 3.52. The molecule has 1 fully saturated rings. The summed E-state index contributed by atoms with van der Waals surface area (Å²) < 4.78 is 53.4. The van der Waals surface area contributed by atoms with Gasteiger partial charge in [-0.2, -0.15) is 5.09 Å². The van der Waals surface area contributed by atoms with Gasteiger partial charge in [0.1, 0.15) is 29.3 Å². The molecular formula is C25H33ClFN6O7P. The van der Waals surface area contributed by atoms with Gasteiger partial charge in [0, 0.05) is 7.05 Å². The quantitative estimate of drug-likeness (QED) is 0.155. The summed E-state index contributed by atoms with van der Waals surface area (Å²) >= 11 is 6.23. The molecule has 0 bridgehead atoms. The van der Waals surface area contributed by atoms with Gasteiger partial charge in [-0.15, -0.1) is 11.6 Å². The largest absolute Gasteiger partial charge is 0.462 e. The number of nitrogens with one attached hydrogen (secondary N) is 2. The maximum Gasteiger partial charge on any atom is 0.459 e. The van der Waals surface area contributed by atoms with E-state index in [4.69, 9.17) is 30.1 Å². The zero-order chi connectivity index (χ0) is 29.9. The third kappa shape index (κ3) is 6.63. The van der Waals surface area contributed by atoms with Crippen molar-refractivity contribution in [3.8, 4) is 5.75 Å². The van der Waals surface area contributed by atoms with Crippen molar-refractivity contribution in [2.24, 2.45) is 0 Å². The average molecular weight is 615 g/mol. The number of hydrogen-bond acceptors (Lipinski definition) is 11. The number of alkyl halides is 2. The van der Waals surface area contributed by atoms with E-state index in [1.54, 1.807) is 46.0 Å². The van der Waals surface area contributed by atoms with Crippen molar-refractivity contribution < 1.29 is 37.4 Å². The molecule has 3 aromatic rings. The SMILES string of the molecule is CNc1nc(C)nc2c1ncn2[C@@H]1O[C@](CCl)(CO[P@](=O)(N[C@@H](C)C(=O)OC(C)C)Oc2ccccc2)[C@@H](O)[C@H]1F. The number of aliphatic hydroxyl groups excluding tert-OH is 1. The number of esters is 1. The topological polar surface area (TPSA) is 159 Å². The molecule has 0 spiro atoms. The number of aliphatic hydroxyl groups is 1. The lowest BCUT2D eigenvalue weighted by Gasteiger charge is -2.31. The van der Waals surface area contributed by atoms with Gasteiger partial charge in [-0.3, -0.25) is 13.9 Å². The number of benzene rings is 1. The van der Waals surface area contributed by atoms with Gasteiger partial charge in [-0.05, 0) is 39.8 Å². The highest BCUT2D eigenvalue weighted by Gasteiger charge is 2.57. The van der Waals surface area contributed by atoms with E-state index in [0.717, 1.165) is 0 Å². The summed E-state index contributed by atoms with van der Waals surface area (Å²) in [5, 5.41) is 16.5. The lowest BCUT2D eigenvalue weighted by atomic mass is 9.99. The van der Waals surface area contributed by atoms with Gasteiger partial charge in [0.2, 0.25) is 0 Å². The maximum atomic E-state index is 15.7. The van der Waals surface area contributed by atoms with Crippen LogP contribution in [0.25, 0.3) is 11.2 Å². The molecule has 4 rings (SSSR count). The predicted molar refractivity (Wildman–Crippen MR) is 149 cm³/mol. The summed E-state index contributed by atoms with van der Waals surface area (Å²) in [5.74, 6) is -0.132. The fourth-order valence-electron chi connectivity index (χ4n) is 4.21. The molecule has 1 aliphatic heterocycles. The fraction of sp³-hybridized carbons (Fsp3) is 0.520. The van der Waals surface area contributed by atoms with Crippen molar-refractivity contribution in [3.05, 3.63) is 42.5 Å². The van der Waals surface area contributed by atoms with E-state index in [1.807, 2.05) is 0 Å². The molecular weight excluding hydrogens is 582 g/mol. The van der Waals surface area contributed by atoms with Crippen LogP contribution in [0.4, 0.5) is 10.2 Å². The lowest BCUT2D eigenvalue weighted by Crippen LogP contribution is -2.48. The first-order valence-corrected chi connectivity index (χ1v) is 14.9. The van der Waals surface area contributed by atoms with E-state index in [0.29, 0.717) is 17.2 Å². The number of rotatable bonds is 12. The highest BCUT2D eigenvalue weighted by Crippen LogP contribution is 2.49. The minimum atomic E-state index is -4.36. The van der Waals surface area contributed by atoms with E-state index in [-0.39, 0.29) is 11.4 Å². The Morgan fingerprint density at radius 1 is 1.29 bits per heavy atom. The second kappa shape index (κ2) is 12.6. The first-order valence-electron chi connectivity index (χ1n) is 12.8. The number of aryl methyl sites for hydroxylation is 1. The number of halogens is 2. The molecule has 0 radical (unpaired) electrons. The number of carbonyl (C=O) groups excluding carboxylic acids is 1. The summed E-state index contributed by atoms with van der Waals surface area (Å²) in [4.78, 5) is 25.3. The number of nitrogens with zero attached hydrogens (tertiary/aromatic N) is 4. The summed E-state index contributed by atoms with van der Waals surface area (Å²) in [6.07, 6.45) is -4.30. The number of hydrogen-bond donors (Lipinski definition) is 3. The molecule has 0 amide bonds. The van der Waals surface area contributed by atoms with Crippen molar-refractivity contribution in [3.63, 3.8) is 0 Å². The van der Waals surface area contributed by atoms with Gasteiger partial charge < -0.3 is 24.4 Å². The molecule has 0 saturated carbocycles. The zero-order valence-corrected chi connectivity index (χ0v) is 24.8. The summed E-state index contributed by atoms with van der Waals surface area (Å²) in [6, 6.07) is 6.99. The molecule has 41 heavy (non-hydrogen) atoms. The molecule has 0 unspecified atom stereocenters. The van der Waals surface area contributed by atoms with Crippen LogP contribution in [-0.2, 0) is 23.4 Å². The number of ether oxygens (including phenoxy) is 2. The van der Waals surface area contributed by atoms with E-state index >= 15 is 4.39 Å². The second-order valence-corrected chi connectivity index (χ2v) is 11.8. The molecule has 1 aromatic carbocycles. The van der Waals surface area contributed by atoms with Crippen molar-refractivity contribution in [1.29, 1.82) is 0 Å².